The molecule has 0 spiro atoms. The number of nitrogens with one attached hydrogen (secondary N) is 1. The summed E-state index contributed by atoms with van der Waals surface area (Å²) in [5, 5.41) is 5.93. The SMILES string of the molecule is CNC(Cc1ccccc1C)c1cccc2ccncc12. The van der Waals surface area contributed by atoms with E-state index in [0.717, 1.165) is 6.42 Å². The first-order valence-electron chi connectivity index (χ1n) is 7.34. The van der Waals surface area contributed by atoms with Crippen LogP contribution in [0.3, 0.4) is 0 Å². The van der Waals surface area contributed by atoms with Crippen LogP contribution in [0.1, 0.15) is 22.7 Å². The Bertz CT molecular complexity index is 744. The van der Waals surface area contributed by atoms with Gasteiger partial charge in [-0.3, -0.25) is 4.98 Å². The van der Waals surface area contributed by atoms with Crippen LogP contribution in [0, 0.1) is 6.92 Å². The molecule has 1 heterocycles. The van der Waals surface area contributed by atoms with Gasteiger partial charge in [0.25, 0.3) is 0 Å². The maximum absolute atomic E-state index is 4.29. The molecule has 1 unspecified atom stereocenters. The molecule has 0 aliphatic rings. The number of hydrogen-bond donors (Lipinski definition) is 1. The number of aryl methyl sites for hydroxylation is 1. The topological polar surface area (TPSA) is 24.9 Å². The highest BCUT2D eigenvalue weighted by atomic mass is 14.9. The van der Waals surface area contributed by atoms with Gasteiger partial charge in [-0.15, -0.1) is 0 Å². The van der Waals surface area contributed by atoms with Gasteiger partial charge < -0.3 is 5.32 Å². The molecule has 0 saturated carbocycles. The summed E-state index contributed by atoms with van der Waals surface area (Å²) in [4.78, 5) is 4.29. The van der Waals surface area contributed by atoms with Crippen LogP contribution in [0.25, 0.3) is 10.8 Å². The first kappa shape index (κ1) is 13.8. The lowest BCUT2D eigenvalue weighted by Crippen LogP contribution is -2.19. The number of likely N-dealkylation sites (N-methyl/N-ethyl adjacent to an activating group) is 1. The normalized spacial score (nSPS) is 12.5. The molecule has 21 heavy (non-hydrogen) atoms. The van der Waals surface area contributed by atoms with Crippen molar-refractivity contribution < 1.29 is 0 Å². The number of pyridine rings is 1. The van der Waals surface area contributed by atoms with Gasteiger partial charge in [-0.25, -0.2) is 0 Å². The van der Waals surface area contributed by atoms with Crippen LogP contribution in [0.4, 0.5) is 0 Å². The lowest BCUT2D eigenvalue weighted by atomic mass is 9.93. The lowest BCUT2D eigenvalue weighted by Gasteiger charge is -2.19. The van der Waals surface area contributed by atoms with Crippen LogP contribution < -0.4 is 5.32 Å². The lowest BCUT2D eigenvalue weighted by molar-refractivity contribution is 0.594. The van der Waals surface area contributed by atoms with Gasteiger partial charge in [0, 0.05) is 23.8 Å². The van der Waals surface area contributed by atoms with Crippen molar-refractivity contribution in [1.29, 1.82) is 0 Å². The Kier molecular flexibility index (Phi) is 3.98. The summed E-state index contributed by atoms with van der Waals surface area (Å²) in [6, 6.07) is 17.4. The van der Waals surface area contributed by atoms with E-state index in [4.69, 9.17) is 0 Å². The van der Waals surface area contributed by atoms with Crippen molar-refractivity contribution >= 4 is 10.8 Å². The van der Waals surface area contributed by atoms with Crippen LogP contribution in [0.15, 0.2) is 60.9 Å². The molecule has 0 aliphatic heterocycles. The molecule has 0 radical (unpaired) electrons. The second kappa shape index (κ2) is 6.06. The second-order valence-electron chi connectivity index (χ2n) is 5.42. The molecule has 0 fully saturated rings. The molecule has 1 aromatic heterocycles. The number of rotatable bonds is 4. The van der Waals surface area contributed by atoms with E-state index in [0.29, 0.717) is 6.04 Å². The van der Waals surface area contributed by atoms with Crippen molar-refractivity contribution in [2.24, 2.45) is 0 Å². The zero-order valence-corrected chi connectivity index (χ0v) is 12.5. The number of fused-ring (bicyclic) bond motifs is 1. The van der Waals surface area contributed by atoms with Crippen LogP contribution in [0.5, 0.6) is 0 Å². The van der Waals surface area contributed by atoms with Crippen LogP contribution in [-0.4, -0.2) is 12.0 Å². The summed E-state index contributed by atoms with van der Waals surface area (Å²) in [6.45, 7) is 2.17. The minimum absolute atomic E-state index is 0.291. The van der Waals surface area contributed by atoms with E-state index in [1.807, 2.05) is 19.4 Å². The quantitative estimate of drug-likeness (QED) is 0.777. The van der Waals surface area contributed by atoms with Crippen molar-refractivity contribution in [3.05, 3.63) is 77.6 Å². The van der Waals surface area contributed by atoms with Gasteiger partial charge in [-0.05, 0) is 48.5 Å². The fourth-order valence-electron chi connectivity index (χ4n) is 2.87. The molecular weight excluding hydrogens is 256 g/mol. The average Bonchev–Trinajstić information content (AvgIpc) is 2.54. The van der Waals surface area contributed by atoms with E-state index < -0.39 is 0 Å². The van der Waals surface area contributed by atoms with Gasteiger partial charge in [-0.1, -0.05) is 42.5 Å². The second-order valence-corrected chi connectivity index (χ2v) is 5.42. The highest BCUT2D eigenvalue weighted by Crippen LogP contribution is 2.26. The number of aromatic nitrogens is 1. The molecular formula is C19H20N2. The zero-order valence-electron chi connectivity index (χ0n) is 12.5. The molecule has 1 atom stereocenters. The molecule has 0 amide bonds. The van der Waals surface area contributed by atoms with Crippen molar-refractivity contribution in [2.45, 2.75) is 19.4 Å². The predicted octanol–water partition coefficient (Wildman–Crippen LogP) is 4.05. The maximum Gasteiger partial charge on any atom is 0.0365 e. The molecule has 3 rings (SSSR count). The Hall–Kier alpha value is -2.19. The largest absolute Gasteiger partial charge is 0.313 e. The molecule has 106 valence electrons. The third kappa shape index (κ3) is 2.81. The van der Waals surface area contributed by atoms with Gasteiger partial charge in [0.15, 0.2) is 0 Å². The summed E-state index contributed by atoms with van der Waals surface area (Å²) in [7, 11) is 2.03. The first-order chi connectivity index (χ1) is 10.3. The standard InChI is InChI=1S/C19H20N2/c1-14-6-3-4-7-16(14)12-19(20-2)17-9-5-8-15-10-11-21-13-18(15)17/h3-11,13,19-20H,12H2,1-2H3. The smallest absolute Gasteiger partial charge is 0.0365 e. The van der Waals surface area contributed by atoms with Gasteiger partial charge in [-0.2, -0.15) is 0 Å². The monoisotopic (exact) mass is 276 g/mol. The van der Waals surface area contributed by atoms with E-state index in [-0.39, 0.29) is 0 Å². The Labute approximate surface area is 125 Å². The average molecular weight is 276 g/mol. The van der Waals surface area contributed by atoms with Gasteiger partial charge >= 0.3 is 0 Å². The number of nitrogens with zero attached hydrogens (tertiary/aromatic N) is 1. The first-order valence-corrected chi connectivity index (χ1v) is 7.34. The predicted molar refractivity (Wildman–Crippen MR) is 88.4 cm³/mol. The third-order valence-corrected chi connectivity index (χ3v) is 4.13. The summed E-state index contributed by atoms with van der Waals surface area (Å²) in [5.74, 6) is 0. The molecule has 2 heteroatoms. The summed E-state index contributed by atoms with van der Waals surface area (Å²) in [6.07, 6.45) is 4.80. The molecule has 2 aromatic carbocycles. The minimum Gasteiger partial charge on any atom is -0.313 e. The van der Waals surface area contributed by atoms with E-state index in [2.05, 4.69) is 65.8 Å². The highest BCUT2D eigenvalue weighted by molar-refractivity contribution is 5.85. The molecule has 2 nitrogen and oxygen atoms in total. The third-order valence-electron chi connectivity index (χ3n) is 4.13. The number of hydrogen-bond acceptors (Lipinski definition) is 2. The van der Waals surface area contributed by atoms with Gasteiger partial charge in [0.2, 0.25) is 0 Å². The summed E-state index contributed by atoms with van der Waals surface area (Å²) < 4.78 is 0. The van der Waals surface area contributed by atoms with E-state index >= 15 is 0 Å². The Morgan fingerprint density at radius 1 is 1.05 bits per heavy atom. The van der Waals surface area contributed by atoms with Crippen molar-refractivity contribution in [2.75, 3.05) is 7.05 Å². The summed E-state index contributed by atoms with van der Waals surface area (Å²) in [5.41, 5.74) is 4.04. The fourth-order valence-corrected chi connectivity index (χ4v) is 2.87. The Morgan fingerprint density at radius 3 is 2.71 bits per heavy atom. The molecule has 0 saturated heterocycles. The molecule has 0 aliphatic carbocycles. The van der Waals surface area contributed by atoms with Gasteiger partial charge in [0.05, 0.1) is 0 Å². The van der Waals surface area contributed by atoms with E-state index in [1.54, 1.807) is 0 Å². The van der Waals surface area contributed by atoms with Gasteiger partial charge in [0.1, 0.15) is 0 Å². The molecule has 3 aromatic rings. The van der Waals surface area contributed by atoms with E-state index in [9.17, 15) is 0 Å². The maximum atomic E-state index is 4.29. The van der Waals surface area contributed by atoms with Crippen molar-refractivity contribution in [3.63, 3.8) is 0 Å². The summed E-state index contributed by atoms with van der Waals surface area (Å²) >= 11 is 0. The Morgan fingerprint density at radius 2 is 1.90 bits per heavy atom. The Balaban J connectivity index is 2.01. The van der Waals surface area contributed by atoms with Crippen LogP contribution in [0.2, 0.25) is 0 Å². The number of benzene rings is 2. The van der Waals surface area contributed by atoms with Crippen molar-refractivity contribution in [1.82, 2.24) is 10.3 Å². The van der Waals surface area contributed by atoms with Crippen LogP contribution in [-0.2, 0) is 6.42 Å². The minimum atomic E-state index is 0.291. The molecule has 0 bridgehead atoms. The fraction of sp³-hybridized carbons (Fsp3) is 0.211. The van der Waals surface area contributed by atoms with Crippen LogP contribution >= 0.6 is 0 Å². The zero-order chi connectivity index (χ0) is 14.7. The molecule has 1 N–H and O–H groups in total. The highest BCUT2D eigenvalue weighted by Gasteiger charge is 2.14. The van der Waals surface area contributed by atoms with E-state index in [1.165, 1.54) is 27.5 Å². The van der Waals surface area contributed by atoms with Crippen molar-refractivity contribution in [3.8, 4) is 0 Å².